The Morgan fingerprint density at radius 3 is 2.50 bits per heavy atom. The molecule has 1 fully saturated rings. The Morgan fingerprint density at radius 2 is 1.88 bits per heavy atom. The fourth-order valence-electron chi connectivity index (χ4n) is 3.17. The summed E-state index contributed by atoms with van der Waals surface area (Å²) in [6.45, 7) is 3.17. The molecule has 5 heteroatoms. The van der Waals surface area contributed by atoms with Crippen LogP contribution in [0, 0.1) is 12.8 Å². The molecule has 1 unspecified atom stereocenters. The molecule has 3 rings (SSSR count). The minimum absolute atomic E-state index is 0.0295. The number of pyridine rings is 1. The summed E-state index contributed by atoms with van der Waals surface area (Å²) in [5.41, 5.74) is 2.21. The standard InChI is InChI=1S/C19H21ClN2O2/c1-13-3-2-4-17(21-13)19(24)22-11-9-15(10-12-22)18(23)14-5-7-16(20)8-6-14/h2-8,15,18,23H,9-12H2,1H3. The number of halogens is 1. The number of aliphatic hydroxyl groups excluding tert-OH is 1. The molecule has 24 heavy (non-hydrogen) atoms. The Hall–Kier alpha value is -1.91. The summed E-state index contributed by atoms with van der Waals surface area (Å²) in [4.78, 5) is 18.7. The second kappa shape index (κ2) is 7.32. The normalized spacial score (nSPS) is 16.9. The van der Waals surface area contributed by atoms with Crippen LogP contribution in [0.25, 0.3) is 0 Å². The number of hydrogen-bond acceptors (Lipinski definition) is 3. The third kappa shape index (κ3) is 3.77. The molecule has 1 atom stereocenters. The van der Waals surface area contributed by atoms with Gasteiger partial charge in [-0.15, -0.1) is 0 Å². The fraction of sp³-hybridized carbons (Fsp3) is 0.368. The number of carbonyl (C=O) groups excluding carboxylic acids is 1. The molecule has 1 aliphatic heterocycles. The van der Waals surface area contributed by atoms with Gasteiger partial charge in [0.15, 0.2) is 0 Å². The quantitative estimate of drug-likeness (QED) is 0.925. The summed E-state index contributed by atoms with van der Waals surface area (Å²) < 4.78 is 0. The minimum Gasteiger partial charge on any atom is -0.388 e. The lowest BCUT2D eigenvalue weighted by atomic mass is 9.87. The lowest BCUT2D eigenvalue weighted by Gasteiger charge is -2.34. The van der Waals surface area contributed by atoms with Crippen molar-refractivity contribution < 1.29 is 9.90 Å². The molecule has 2 aromatic rings. The molecule has 1 aromatic heterocycles. The van der Waals surface area contributed by atoms with E-state index in [2.05, 4.69) is 4.98 Å². The summed E-state index contributed by atoms with van der Waals surface area (Å²) in [7, 11) is 0. The van der Waals surface area contributed by atoms with E-state index in [1.807, 2.05) is 36.1 Å². The number of nitrogens with zero attached hydrogens (tertiary/aromatic N) is 2. The first-order chi connectivity index (χ1) is 11.5. The Labute approximate surface area is 147 Å². The third-order valence-electron chi connectivity index (χ3n) is 4.59. The number of aryl methyl sites for hydroxylation is 1. The number of aliphatic hydroxyl groups is 1. The number of rotatable bonds is 3. The third-order valence-corrected chi connectivity index (χ3v) is 4.84. The summed E-state index contributed by atoms with van der Waals surface area (Å²) in [5, 5.41) is 11.2. The first-order valence-corrected chi connectivity index (χ1v) is 8.59. The van der Waals surface area contributed by atoms with Gasteiger partial charge in [-0.3, -0.25) is 4.79 Å². The first-order valence-electron chi connectivity index (χ1n) is 8.21. The van der Waals surface area contributed by atoms with Gasteiger partial charge in [-0.2, -0.15) is 0 Å². The Bertz CT molecular complexity index is 710. The monoisotopic (exact) mass is 344 g/mol. The lowest BCUT2D eigenvalue weighted by molar-refractivity contribution is 0.0458. The second-order valence-corrected chi connectivity index (χ2v) is 6.73. The van der Waals surface area contributed by atoms with Crippen molar-refractivity contribution in [1.29, 1.82) is 0 Å². The summed E-state index contributed by atoms with van der Waals surface area (Å²) in [6, 6.07) is 12.8. The van der Waals surface area contributed by atoms with Crippen LogP contribution in [0.5, 0.6) is 0 Å². The SMILES string of the molecule is Cc1cccc(C(=O)N2CCC(C(O)c3ccc(Cl)cc3)CC2)n1. The van der Waals surface area contributed by atoms with E-state index in [1.165, 1.54) is 0 Å². The molecule has 0 bridgehead atoms. The predicted molar refractivity (Wildman–Crippen MR) is 94.0 cm³/mol. The predicted octanol–water partition coefficient (Wildman–Crippen LogP) is 3.63. The fourth-order valence-corrected chi connectivity index (χ4v) is 3.30. The average molecular weight is 345 g/mol. The summed E-state index contributed by atoms with van der Waals surface area (Å²) >= 11 is 5.89. The van der Waals surface area contributed by atoms with Crippen LogP contribution in [0.4, 0.5) is 0 Å². The van der Waals surface area contributed by atoms with E-state index in [9.17, 15) is 9.90 Å². The number of hydrogen-bond donors (Lipinski definition) is 1. The lowest BCUT2D eigenvalue weighted by Crippen LogP contribution is -2.40. The zero-order valence-corrected chi connectivity index (χ0v) is 14.4. The van der Waals surface area contributed by atoms with Crippen molar-refractivity contribution in [2.75, 3.05) is 13.1 Å². The zero-order chi connectivity index (χ0) is 17.1. The molecule has 0 aliphatic carbocycles. The number of likely N-dealkylation sites (tertiary alicyclic amines) is 1. The van der Waals surface area contributed by atoms with Gasteiger partial charge in [0, 0.05) is 23.8 Å². The van der Waals surface area contributed by atoms with Crippen LogP contribution in [0.15, 0.2) is 42.5 Å². The summed E-state index contributed by atoms with van der Waals surface area (Å²) in [6.07, 6.45) is 1.04. The topological polar surface area (TPSA) is 53.4 Å². The van der Waals surface area contributed by atoms with E-state index >= 15 is 0 Å². The highest BCUT2D eigenvalue weighted by Gasteiger charge is 2.29. The Balaban J connectivity index is 1.61. The molecule has 4 nitrogen and oxygen atoms in total. The van der Waals surface area contributed by atoms with Crippen molar-refractivity contribution in [2.24, 2.45) is 5.92 Å². The maximum atomic E-state index is 12.5. The summed E-state index contributed by atoms with van der Waals surface area (Å²) in [5.74, 6) is 0.124. The molecule has 0 saturated carbocycles. The van der Waals surface area contributed by atoms with E-state index in [1.54, 1.807) is 18.2 Å². The van der Waals surface area contributed by atoms with Gasteiger partial charge >= 0.3 is 0 Å². The Kier molecular flexibility index (Phi) is 5.17. The van der Waals surface area contributed by atoms with Crippen molar-refractivity contribution in [3.8, 4) is 0 Å². The van der Waals surface area contributed by atoms with Crippen molar-refractivity contribution >= 4 is 17.5 Å². The maximum absolute atomic E-state index is 12.5. The van der Waals surface area contributed by atoms with Gasteiger partial charge in [-0.1, -0.05) is 29.8 Å². The van der Waals surface area contributed by atoms with Crippen LogP contribution in [0.1, 0.15) is 40.7 Å². The van der Waals surface area contributed by atoms with E-state index in [0.717, 1.165) is 24.1 Å². The smallest absolute Gasteiger partial charge is 0.272 e. The maximum Gasteiger partial charge on any atom is 0.272 e. The van der Waals surface area contributed by atoms with E-state index < -0.39 is 6.10 Å². The number of amides is 1. The minimum atomic E-state index is -0.517. The highest BCUT2D eigenvalue weighted by molar-refractivity contribution is 6.30. The van der Waals surface area contributed by atoms with Gasteiger partial charge in [-0.05, 0) is 55.5 Å². The highest BCUT2D eigenvalue weighted by atomic mass is 35.5. The van der Waals surface area contributed by atoms with Gasteiger partial charge in [0.05, 0.1) is 6.10 Å². The first kappa shape index (κ1) is 16.9. The van der Waals surface area contributed by atoms with Crippen LogP contribution >= 0.6 is 11.6 Å². The molecule has 0 radical (unpaired) electrons. The average Bonchev–Trinajstić information content (AvgIpc) is 2.61. The molecule has 1 amide bonds. The van der Waals surface area contributed by atoms with Crippen LogP contribution < -0.4 is 0 Å². The van der Waals surface area contributed by atoms with Crippen molar-refractivity contribution in [1.82, 2.24) is 9.88 Å². The van der Waals surface area contributed by atoms with Gasteiger partial charge in [0.2, 0.25) is 0 Å². The molecule has 1 saturated heterocycles. The highest BCUT2D eigenvalue weighted by Crippen LogP contribution is 2.31. The van der Waals surface area contributed by atoms with Gasteiger partial charge in [-0.25, -0.2) is 4.98 Å². The molecular formula is C19H21ClN2O2. The molecule has 126 valence electrons. The largest absolute Gasteiger partial charge is 0.388 e. The van der Waals surface area contributed by atoms with Crippen LogP contribution in [0.3, 0.4) is 0 Å². The van der Waals surface area contributed by atoms with Crippen LogP contribution in [-0.4, -0.2) is 34.0 Å². The van der Waals surface area contributed by atoms with Crippen molar-refractivity contribution in [3.63, 3.8) is 0 Å². The number of benzene rings is 1. The molecule has 1 aliphatic rings. The van der Waals surface area contributed by atoms with Crippen LogP contribution in [0.2, 0.25) is 5.02 Å². The van der Waals surface area contributed by atoms with Gasteiger partial charge in [0.1, 0.15) is 5.69 Å². The zero-order valence-electron chi connectivity index (χ0n) is 13.7. The van der Waals surface area contributed by atoms with Crippen molar-refractivity contribution in [3.05, 3.63) is 64.4 Å². The molecule has 1 aromatic carbocycles. The van der Waals surface area contributed by atoms with Gasteiger partial charge < -0.3 is 10.0 Å². The molecule has 0 spiro atoms. The second-order valence-electron chi connectivity index (χ2n) is 6.29. The van der Waals surface area contributed by atoms with Gasteiger partial charge in [0.25, 0.3) is 5.91 Å². The number of aromatic nitrogens is 1. The molecule has 2 heterocycles. The van der Waals surface area contributed by atoms with Crippen LogP contribution in [-0.2, 0) is 0 Å². The number of piperidine rings is 1. The molecule has 1 N–H and O–H groups in total. The van der Waals surface area contributed by atoms with E-state index in [4.69, 9.17) is 11.6 Å². The van der Waals surface area contributed by atoms with E-state index in [0.29, 0.717) is 23.8 Å². The Morgan fingerprint density at radius 1 is 1.21 bits per heavy atom. The molecular weight excluding hydrogens is 324 g/mol. The number of carbonyl (C=O) groups is 1. The van der Waals surface area contributed by atoms with Crippen molar-refractivity contribution in [2.45, 2.75) is 25.9 Å². The van der Waals surface area contributed by atoms with E-state index in [-0.39, 0.29) is 11.8 Å².